The van der Waals surface area contributed by atoms with E-state index in [9.17, 15) is 13.0 Å². The molecule has 80 valence electrons. The minimum Gasteiger partial charge on any atom is -0.726 e. The molecule has 0 aliphatic heterocycles. The van der Waals surface area contributed by atoms with Gasteiger partial charge in [0.2, 0.25) is 16.7 Å². The van der Waals surface area contributed by atoms with E-state index in [0.717, 1.165) is 7.11 Å². The van der Waals surface area contributed by atoms with E-state index in [1.807, 2.05) is 44.0 Å². The Morgan fingerprint density at radius 3 is 1.69 bits per heavy atom. The molecule has 0 fully saturated rings. The minimum atomic E-state index is -4.41. The predicted molar refractivity (Wildman–Crippen MR) is 48.6 cm³/mol. The van der Waals surface area contributed by atoms with Crippen LogP contribution in [-0.4, -0.2) is 64.1 Å². The van der Waals surface area contributed by atoms with Crippen molar-refractivity contribution in [2.45, 2.75) is 0 Å². The van der Waals surface area contributed by atoms with Crippen LogP contribution in [0, 0.1) is 0 Å². The van der Waals surface area contributed by atoms with Gasteiger partial charge in [-0.1, -0.05) is 0 Å². The standard InChI is InChI=1S/C5H13N2.CH4O4S/c1-6(2)5-7(3)4;1-5-6(2,3)4/h5H,1-4H3;1H3,(H,2,3,4)/q+1;/p-1. The molecular weight excluding hydrogens is 196 g/mol. The lowest BCUT2D eigenvalue weighted by Crippen LogP contribution is -2.15. The highest BCUT2D eigenvalue weighted by Crippen LogP contribution is 1.74. The first-order chi connectivity index (χ1) is 5.69. The van der Waals surface area contributed by atoms with Crippen molar-refractivity contribution in [3.63, 3.8) is 0 Å². The molecule has 0 bridgehead atoms. The van der Waals surface area contributed by atoms with E-state index in [0.29, 0.717) is 0 Å². The predicted octanol–water partition coefficient (Wildman–Crippen LogP) is -1.06. The van der Waals surface area contributed by atoms with E-state index in [2.05, 4.69) is 4.18 Å². The van der Waals surface area contributed by atoms with Gasteiger partial charge >= 0.3 is 0 Å². The fourth-order valence-corrected chi connectivity index (χ4v) is 0.462. The molecule has 0 aliphatic rings. The van der Waals surface area contributed by atoms with E-state index >= 15 is 0 Å². The van der Waals surface area contributed by atoms with Crippen LogP contribution >= 0.6 is 0 Å². The Morgan fingerprint density at radius 2 is 1.69 bits per heavy atom. The summed E-state index contributed by atoms with van der Waals surface area (Å²) in [6, 6.07) is 0. The molecule has 0 unspecified atom stereocenters. The molecule has 0 radical (unpaired) electrons. The fraction of sp³-hybridized carbons (Fsp3) is 0.833. The van der Waals surface area contributed by atoms with Gasteiger partial charge in [-0.15, -0.1) is 0 Å². The molecule has 7 heteroatoms. The first-order valence-corrected chi connectivity index (χ1v) is 4.71. The molecular formula is C6H16N2O4S. The van der Waals surface area contributed by atoms with E-state index < -0.39 is 10.4 Å². The monoisotopic (exact) mass is 212 g/mol. The van der Waals surface area contributed by atoms with Crippen molar-refractivity contribution in [2.24, 2.45) is 0 Å². The lowest BCUT2D eigenvalue weighted by Gasteiger charge is -1.98. The van der Waals surface area contributed by atoms with Crippen LogP contribution in [0.5, 0.6) is 0 Å². The Bertz CT molecular complexity index is 241. The van der Waals surface area contributed by atoms with E-state index in [-0.39, 0.29) is 0 Å². The summed E-state index contributed by atoms with van der Waals surface area (Å²) in [4.78, 5) is 2.00. The van der Waals surface area contributed by atoms with Crippen molar-refractivity contribution in [2.75, 3.05) is 35.3 Å². The van der Waals surface area contributed by atoms with E-state index in [4.69, 9.17) is 0 Å². The average molecular weight is 212 g/mol. The highest BCUT2D eigenvalue weighted by molar-refractivity contribution is 7.80. The van der Waals surface area contributed by atoms with Gasteiger partial charge < -0.3 is 4.55 Å². The summed E-state index contributed by atoms with van der Waals surface area (Å²) >= 11 is 0. The van der Waals surface area contributed by atoms with Gasteiger partial charge in [-0.2, -0.15) is 0 Å². The van der Waals surface area contributed by atoms with Crippen LogP contribution in [0.2, 0.25) is 0 Å². The summed E-state index contributed by atoms with van der Waals surface area (Å²) in [6.45, 7) is 0. The quantitative estimate of drug-likeness (QED) is 0.192. The van der Waals surface area contributed by atoms with Crippen LogP contribution in [0.4, 0.5) is 0 Å². The van der Waals surface area contributed by atoms with Gasteiger partial charge in [0.1, 0.15) is 0 Å². The molecule has 0 aliphatic carbocycles. The van der Waals surface area contributed by atoms with Crippen molar-refractivity contribution >= 4 is 16.7 Å². The van der Waals surface area contributed by atoms with Crippen molar-refractivity contribution in [3.05, 3.63) is 0 Å². The van der Waals surface area contributed by atoms with Crippen molar-refractivity contribution < 1.29 is 21.7 Å². The van der Waals surface area contributed by atoms with Gasteiger partial charge in [0, 0.05) is 0 Å². The Labute approximate surface area is 79.4 Å². The zero-order valence-electron chi connectivity index (χ0n) is 8.51. The highest BCUT2D eigenvalue weighted by Gasteiger charge is 1.82. The highest BCUT2D eigenvalue weighted by atomic mass is 32.3. The first-order valence-electron chi connectivity index (χ1n) is 3.38. The molecule has 13 heavy (non-hydrogen) atoms. The van der Waals surface area contributed by atoms with Gasteiger partial charge in [0.25, 0.3) is 0 Å². The topological polar surface area (TPSA) is 72.7 Å². The van der Waals surface area contributed by atoms with Crippen molar-refractivity contribution in [1.29, 1.82) is 0 Å². The molecule has 0 N–H and O–H groups in total. The maximum atomic E-state index is 9.22. The van der Waals surface area contributed by atoms with Crippen LogP contribution < -0.4 is 0 Å². The van der Waals surface area contributed by atoms with Crippen molar-refractivity contribution in [1.82, 2.24) is 4.90 Å². The molecule has 0 heterocycles. The molecule has 0 aromatic carbocycles. The molecule has 0 spiro atoms. The summed E-state index contributed by atoms with van der Waals surface area (Å²) in [6.07, 6.45) is 2.00. The van der Waals surface area contributed by atoms with E-state index in [1.165, 1.54) is 0 Å². The van der Waals surface area contributed by atoms with Gasteiger partial charge in [-0.3, -0.25) is 13.7 Å². The molecule has 0 saturated carbocycles. The third-order valence-corrected chi connectivity index (χ3v) is 1.07. The Balaban J connectivity index is 0. The number of nitrogens with zero attached hydrogens (tertiary/aromatic N) is 2. The zero-order valence-corrected chi connectivity index (χ0v) is 9.33. The summed E-state index contributed by atoms with van der Waals surface area (Å²) in [7, 11) is 4.40. The third-order valence-electron chi connectivity index (χ3n) is 0.666. The number of hydrogen-bond acceptors (Lipinski definition) is 4. The number of rotatable bonds is 2. The summed E-state index contributed by atoms with van der Waals surface area (Å²) in [5.41, 5.74) is 0. The largest absolute Gasteiger partial charge is 0.726 e. The zero-order chi connectivity index (χ0) is 11.1. The smallest absolute Gasteiger partial charge is 0.233 e. The summed E-state index contributed by atoms with van der Waals surface area (Å²) < 4.78 is 33.0. The molecule has 0 rings (SSSR count). The lowest BCUT2D eigenvalue weighted by molar-refractivity contribution is -0.464. The molecule has 6 nitrogen and oxygen atoms in total. The number of hydrogen-bond donors (Lipinski definition) is 0. The van der Waals surface area contributed by atoms with Gasteiger partial charge in [0.05, 0.1) is 35.3 Å². The van der Waals surface area contributed by atoms with Crippen LogP contribution in [0.25, 0.3) is 0 Å². The molecule has 0 atom stereocenters. The summed E-state index contributed by atoms with van der Waals surface area (Å²) in [5, 5.41) is 0. The van der Waals surface area contributed by atoms with Gasteiger partial charge in [-0.05, 0) is 0 Å². The molecule has 0 saturated heterocycles. The van der Waals surface area contributed by atoms with Crippen molar-refractivity contribution in [3.8, 4) is 0 Å². The average Bonchev–Trinajstić information content (AvgIpc) is 1.84. The maximum absolute atomic E-state index is 9.22. The Hall–Kier alpha value is -0.660. The summed E-state index contributed by atoms with van der Waals surface area (Å²) in [5.74, 6) is 0. The SMILES string of the molecule is CN(C)C=[N+](C)C.COS(=O)(=O)[O-]. The minimum absolute atomic E-state index is 0.808. The lowest BCUT2D eigenvalue weighted by atomic mass is 10.9. The van der Waals surface area contributed by atoms with Gasteiger partial charge in [0.15, 0.2) is 0 Å². The van der Waals surface area contributed by atoms with Gasteiger partial charge in [-0.25, -0.2) is 8.42 Å². The van der Waals surface area contributed by atoms with Crippen LogP contribution in [0.3, 0.4) is 0 Å². The first kappa shape index (κ1) is 14.8. The molecule has 0 amide bonds. The second-order valence-corrected chi connectivity index (χ2v) is 3.77. The Morgan fingerprint density at radius 1 is 1.38 bits per heavy atom. The van der Waals surface area contributed by atoms with Crippen LogP contribution in [0.15, 0.2) is 0 Å². The second kappa shape index (κ2) is 6.81. The maximum Gasteiger partial charge on any atom is 0.233 e. The molecule has 0 aromatic rings. The molecule has 0 aromatic heterocycles. The van der Waals surface area contributed by atoms with Crippen LogP contribution in [0.1, 0.15) is 0 Å². The normalized spacial score (nSPS) is 9.69. The van der Waals surface area contributed by atoms with Crippen LogP contribution in [-0.2, 0) is 14.6 Å². The second-order valence-electron chi connectivity index (χ2n) is 2.62. The fourth-order valence-electron chi connectivity index (χ4n) is 0.462. The Kier molecular flexibility index (Phi) is 7.78. The third kappa shape index (κ3) is 24.6. The van der Waals surface area contributed by atoms with E-state index in [1.54, 1.807) is 0 Å².